The highest BCUT2D eigenvalue weighted by atomic mass is 32.1. The lowest BCUT2D eigenvalue weighted by Crippen LogP contribution is -2.23. The molecule has 0 aliphatic rings. The van der Waals surface area contributed by atoms with Crippen molar-refractivity contribution in [1.29, 1.82) is 0 Å². The summed E-state index contributed by atoms with van der Waals surface area (Å²) < 4.78 is 5.21. The number of amides is 1. The van der Waals surface area contributed by atoms with E-state index in [1.807, 2.05) is 38.1 Å². The van der Waals surface area contributed by atoms with Gasteiger partial charge in [0.15, 0.2) is 0 Å². The molecule has 0 unspecified atom stereocenters. The van der Waals surface area contributed by atoms with Gasteiger partial charge in [0, 0.05) is 0 Å². The second-order valence-corrected chi connectivity index (χ2v) is 5.54. The molecule has 1 aromatic carbocycles. The predicted octanol–water partition coefficient (Wildman–Crippen LogP) is 2.55. The van der Waals surface area contributed by atoms with Gasteiger partial charge in [-0.3, -0.25) is 4.79 Å². The summed E-state index contributed by atoms with van der Waals surface area (Å²) >= 11 is 1.39. The fourth-order valence-corrected chi connectivity index (χ4v) is 2.67. The Bertz CT molecular complexity index is 711. The summed E-state index contributed by atoms with van der Waals surface area (Å²) in [4.78, 5) is 16.9. The van der Waals surface area contributed by atoms with Gasteiger partial charge < -0.3 is 10.1 Å². The molecule has 0 radical (unpaired) electrons. The van der Waals surface area contributed by atoms with Gasteiger partial charge in [-0.1, -0.05) is 24.0 Å². The second-order valence-electron chi connectivity index (χ2n) is 4.33. The van der Waals surface area contributed by atoms with Gasteiger partial charge in [0.05, 0.1) is 29.9 Å². The number of benzene rings is 1. The summed E-state index contributed by atoms with van der Waals surface area (Å²) in [6.45, 7) is 4.00. The molecule has 0 atom stereocenters. The normalized spacial score (nSPS) is 9.67. The van der Waals surface area contributed by atoms with Gasteiger partial charge in [-0.25, -0.2) is 4.98 Å². The van der Waals surface area contributed by atoms with Crippen molar-refractivity contribution in [2.45, 2.75) is 13.8 Å². The quantitative estimate of drug-likeness (QED) is 0.886. The minimum absolute atomic E-state index is 0.132. The van der Waals surface area contributed by atoms with Gasteiger partial charge in [0.25, 0.3) is 5.91 Å². The fraction of sp³-hybridized carbons (Fsp3) is 0.250. The molecule has 0 spiro atoms. The van der Waals surface area contributed by atoms with E-state index in [0.717, 1.165) is 22.0 Å². The molecule has 0 bridgehead atoms. The van der Waals surface area contributed by atoms with Crippen LogP contribution < -0.4 is 10.1 Å². The number of aryl methyl sites for hydroxylation is 2. The minimum Gasteiger partial charge on any atom is -0.495 e. The highest BCUT2D eigenvalue weighted by molar-refractivity contribution is 7.13. The Balaban J connectivity index is 1.97. The molecule has 0 saturated carbocycles. The van der Waals surface area contributed by atoms with Crippen molar-refractivity contribution in [2.24, 2.45) is 0 Å². The summed E-state index contributed by atoms with van der Waals surface area (Å²) in [6.07, 6.45) is 0. The van der Waals surface area contributed by atoms with Gasteiger partial charge in [-0.15, -0.1) is 11.3 Å². The van der Waals surface area contributed by atoms with Crippen LogP contribution in [0.1, 0.15) is 25.9 Å². The number of rotatable bonds is 3. The molecule has 108 valence electrons. The average Bonchev–Trinajstić information content (AvgIpc) is 2.82. The molecule has 0 fully saturated rings. The van der Waals surface area contributed by atoms with Crippen LogP contribution in [-0.4, -0.2) is 24.5 Å². The van der Waals surface area contributed by atoms with Gasteiger partial charge in [0.1, 0.15) is 10.6 Å². The molecule has 1 amide bonds. The molecule has 0 aliphatic heterocycles. The molecule has 1 heterocycles. The molecule has 1 aromatic heterocycles. The maximum atomic E-state index is 12.0. The van der Waals surface area contributed by atoms with Crippen LogP contribution in [0.15, 0.2) is 24.3 Å². The lowest BCUT2D eigenvalue weighted by Gasteiger charge is -2.01. The van der Waals surface area contributed by atoms with Crippen LogP contribution in [0.5, 0.6) is 5.75 Å². The first kappa shape index (κ1) is 15.1. The van der Waals surface area contributed by atoms with E-state index >= 15 is 0 Å². The Hall–Kier alpha value is -2.32. The molecule has 2 rings (SSSR count). The molecular weight excluding hydrogens is 284 g/mol. The van der Waals surface area contributed by atoms with Gasteiger partial charge in [0.2, 0.25) is 0 Å². The molecule has 21 heavy (non-hydrogen) atoms. The predicted molar refractivity (Wildman–Crippen MR) is 83.8 cm³/mol. The average molecular weight is 300 g/mol. The van der Waals surface area contributed by atoms with Crippen LogP contribution in [0.3, 0.4) is 0 Å². The van der Waals surface area contributed by atoms with E-state index in [2.05, 4.69) is 22.1 Å². The van der Waals surface area contributed by atoms with Crippen LogP contribution >= 0.6 is 11.3 Å². The number of carbonyl (C=O) groups is 1. The number of methoxy groups -OCH3 is 1. The Kier molecular flexibility index (Phi) is 4.96. The fourth-order valence-electron chi connectivity index (χ4n) is 1.83. The number of aromatic nitrogens is 1. The summed E-state index contributed by atoms with van der Waals surface area (Å²) in [5, 5.41) is 3.66. The van der Waals surface area contributed by atoms with E-state index in [1.165, 1.54) is 11.3 Å². The third-order valence-electron chi connectivity index (χ3n) is 2.78. The van der Waals surface area contributed by atoms with Crippen LogP contribution in [0.4, 0.5) is 0 Å². The monoisotopic (exact) mass is 300 g/mol. The van der Waals surface area contributed by atoms with Crippen LogP contribution in [-0.2, 0) is 0 Å². The summed E-state index contributed by atoms with van der Waals surface area (Å²) in [5.41, 5.74) is 1.56. The maximum absolute atomic E-state index is 12.0. The van der Waals surface area contributed by atoms with E-state index in [9.17, 15) is 4.79 Å². The van der Waals surface area contributed by atoms with Crippen molar-refractivity contribution in [2.75, 3.05) is 13.7 Å². The van der Waals surface area contributed by atoms with Crippen LogP contribution in [0.2, 0.25) is 0 Å². The van der Waals surface area contributed by atoms with Crippen molar-refractivity contribution >= 4 is 17.2 Å². The minimum atomic E-state index is -0.132. The number of carbonyl (C=O) groups excluding carboxylic acids is 1. The van der Waals surface area contributed by atoms with E-state index in [0.29, 0.717) is 4.88 Å². The largest absolute Gasteiger partial charge is 0.495 e. The number of ether oxygens (including phenoxy) is 1. The van der Waals surface area contributed by atoms with Gasteiger partial charge in [-0.05, 0) is 26.0 Å². The van der Waals surface area contributed by atoms with Crippen molar-refractivity contribution in [3.05, 3.63) is 45.4 Å². The molecular formula is C16H16N2O2S. The highest BCUT2D eigenvalue weighted by Gasteiger charge is 2.12. The zero-order valence-corrected chi connectivity index (χ0v) is 13.0. The number of para-hydroxylation sites is 1. The Morgan fingerprint density at radius 3 is 2.81 bits per heavy atom. The molecule has 0 saturated heterocycles. The number of thiazole rings is 1. The van der Waals surface area contributed by atoms with Gasteiger partial charge >= 0.3 is 0 Å². The standard InChI is InChI=1S/C16H16N2O2S/c1-11-15(21-12(2)18-11)16(19)17-10-6-8-13-7-4-5-9-14(13)20-3/h4-5,7,9H,10H2,1-3H3,(H,17,19). The molecule has 2 aromatic rings. The van der Waals surface area contributed by atoms with E-state index < -0.39 is 0 Å². The van der Waals surface area contributed by atoms with Crippen LogP contribution in [0, 0.1) is 25.7 Å². The first-order valence-electron chi connectivity index (χ1n) is 6.46. The first-order chi connectivity index (χ1) is 10.1. The summed E-state index contributed by atoms with van der Waals surface area (Å²) in [5.74, 6) is 6.51. The number of hydrogen-bond acceptors (Lipinski definition) is 4. The van der Waals surface area contributed by atoms with Crippen molar-refractivity contribution in [3.63, 3.8) is 0 Å². The van der Waals surface area contributed by atoms with Crippen LogP contribution in [0.25, 0.3) is 0 Å². The van der Waals surface area contributed by atoms with E-state index in [4.69, 9.17) is 4.74 Å². The van der Waals surface area contributed by atoms with Crippen molar-refractivity contribution in [1.82, 2.24) is 10.3 Å². The third kappa shape index (κ3) is 3.83. The lowest BCUT2D eigenvalue weighted by atomic mass is 10.2. The van der Waals surface area contributed by atoms with E-state index in [-0.39, 0.29) is 12.5 Å². The van der Waals surface area contributed by atoms with Crippen molar-refractivity contribution < 1.29 is 9.53 Å². The molecule has 0 aliphatic carbocycles. The number of nitrogens with one attached hydrogen (secondary N) is 1. The lowest BCUT2D eigenvalue weighted by molar-refractivity contribution is 0.0962. The Labute approximate surface area is 128 Å². The molecule has 1 N–H and O–H groups in total. The van der Waals surface area contributed by atoms with Gasteiger partial charge in [-0.2, -0.15) is 0 Å². The first-order valence-corrected chi connectivity index (χ1v) is 7.27. The third-order valence-corrected chi connectivity index (χ3v) is 3.85. The SMILES string of the molecule is COc1ccccc1C#CCNC(=O)c1sc(C)nc1C. The van der Waals surface area contributed by atoms with E-state index in [1.54, 1.807) is 7.11 Å². The second kappa shape index (κ2) is 6.91. The summed E-state index contributed by atoms with van der Waals surface area (Å²) in [7, 11) is 1.61. The maximum Gasteiger partial charge on any atom is 0.264 e. The number of hydrogen-bond donors (Lipinski definition) is 1. The zero-order chi connectivity index (χ0) is 15.2. The van der Waals surface area contributed by atoms with Crippen molar-refractivity contribution in [3.8, 4) is 17.6 Å². The topological polar surface area (TPSA) is 51.2 Å². The number of nitrogens with zero attached hydrogens (tertiary/aromatic N) is 1. The Morgan fingerprint density at radius 2 is 2.14 bits per heavy atom. The molecule has 5 heteroatoms. The smallest absolute Gasteiger partial charge is 0.264 e. The zero-order valence-electron chi connectivity index (χ0n) is 12.2. The highest BCUT2D eigenvalue weighted by Crippen LogP contribution is 2.17. The summed E-state index contributed by atoms with van der Waals surface area (Å²) in [6, 6.07) is 7.52. The Morgan fingerprint density at radius 1 is 1.38 bits per heavy atom. The molecule has 4 nitrogen and oxygen atoms in total.